The van der Waals surface area contributed by atoms with Crippen LogP contribution in [0.4, 0.5) is 5.95 Å². The molecule has 1 aromatic heterocycles. The van der Waals surface area contributed by atoms with Crippen LogP contribution in [-0.4, -0.2) is 20.7 Å². The summed E-state index contributed by atoms with van der Waals surface area (Å²) < 4.78 is 2.10. The monoisotopic (exact) mass is 337 g/mol. The number of carbonyl (C=O) groups excluding carboxylic acids is 1. The lowest BCUT2D eigenvalue weighted by molar-refractivity contribution is -0.115. The smallest absolute Gasteiger partial charge is 0.240 e. The van der Waals surface area contributed by atoms with Gasteiger partial charge in [0.2, 0.25) is 11.9 Å². The molecule has 5 heteroatoms. The van der Waals surface area contributed by atoms with Crippen LogP contribution in [0.1, 0.15) is 18.9 Å². The molecular formula is C19H19N3OS. The van der Waals surface area contributed by atoms with E-state index in [1.807, 2.05) is 36.4 Å². The summed E-state index contributed by atoms with van der Waals surface area (Å²) in [5.74, 6) is 0.684. The molecule has 0 unspecified atom stereocenters. The first kappa shape index (κ1) is 15.3. The van der Waals surface area contributed by atoms with Gasteiger partial charge >= 0.3 is 0 Å². The first-order chi connectivity index (χ1) is 11.8. The van der Waals surface area contributed by atoms with Gasteiger partial charge in [-0.1, -0.05) is 37.3 Å². The van der Waals surface area contributed by atoms with Crippen molar-refractivity contribution in [3.8, 4) is 0 Å². The Bertz CT molecular complexity index is 878. The van der Waals surface area contributed by atoms with Crippen molar-refractivity contribution in [2.75, 3.05) is 5.32 Å². The van der Waals surface area contributed by atoms with Gasteiger partial charge in [-0.05, 0) is 36.6 Å². The maximum atomic E-state index is 12.7. The van der Waals surface area contributed by atoms with Crippen LogP contribution >= 0.6 is 11.8 Å². The molecule has 1 N–H and O–H groups in total. The molecule has 0 spiro atoms. The Morgan fingerprint density at radius 1 is 1.25 bits per heavy atom. The van der Waals surface area contributed by atoms with Gasteiger partial charge in [0.15, 0.2) is 0 Å². The van der Waals surface area contributed by atoms with Gasteiger partial charge in [0, 0.05) is 11.4 Å². The molecule has 0 fully saturated rings. The van der Waals surface area contributed by atoms with Gasteiger partial charge < -0.3 is 4.57 Å². The zero-order chi connectivity index (χ0) is 16.5. The third kappa shape index (κ3) is 2.69. The molecule has 4 nitrogen and oxygen atoms in total. The topological polar surface area (TPSA) is 46.9 Å². The van der Waals surface area contributed by atoms with Crippen molar-refractivity contribution in [3.05, 3.63) is 54.1 Å². The predicted octanol–water partition coefficient (Wildman–Crippen LogP) is 4.10. The van der Waals surface area contributed by atoms with E-state index < -0.39 is 0 Å². The first-order valence-corrected chi connectivity index (χ1v) is 9.15. The van der Waals surface area contributed by atoms with E-state index >= 15 is 0 Å². The standard InChI is InChI=1S/C19H19N3OS/c1-2-11-22-15-9-5-4-8-14(15)20-19(22)21-18(23)17-12-13-7-3-6-10-16(13)24-17/h3-10,17H,2,11-12H2,1H3,(H,20,21,23)/t17-/m1/s1. The molecule has 1 atom stereocenters. The molecule has 0 radical (unpaired) electrons. The highest BCUT2D eigenvalue weighted by Crippen LogP contribution is 2.37. The Balaban J connectivity index is 1.58. The second-order valence-corrected chi connectivity index (χ2v) is 7.23. The lowest BCUT2D eigenvalue weighted by Crippen LogP contribution is -2.26. The van der Waals surface area contributed by atoms with E-state index in [1.165, 1.54) is 10.5 Å². The number of imidazole rings is 1. The highest BCUT2D eigenvalue weighted by molar-refractivity contribution is 8.01. The number of nitrogens with one attached hydrogen (secondary N) is 1. The van der Waals surface area contributed by atoms with E-state index in [0.29, 0.717) is 5.95 Å². The van der Waals surface area contributed by atoms with Crippen molar-refractivity contribution >= 4 is 34.7 Å². The molecule has 0 aliphatic carbocycles. The minimum atomic E-state index is -0.0858. The summed E-state index contributed by atoms with van der Waals surface area (Å²) in [6, 6.07) is 16.2. The van der Waals surface area contributed by atoms with Crippen LogP contribution < -0.4 is 5.32 Å². The molecule has 122 valence electrons. The number of amides is 1. The van der Waals surface area contributed by atoms with Crippen LogP contribution in [0.2, 0.25) is 0 Å². The number of aromatic nitrogens is 2. The molecule has 4 rings (SSSR count). The molecule has 0 saturated heterocycles. The van der Waals surface area contributed by atoms with Gasteiger partial charge in [0.25, 0.3) is 0 Å². The Morgan fingerprint density at radius 3 is 2.88 bits per heavy atom. The Labute approximate surface area is 145 Å². The number of hydrogen-bond donors (Lipinski definition) is 1. The van der Waals surface area contributed by atoms with Crippen molar-refractivity contribution in [1.29, 1.82) is 0 Å². The third-order valence-corrected chi connectivity index (χ3v) is 5.59. The van der Waals surface area contributed by atoms with E-state index in [-0.39, 0.29) is 11.2 Å². The fraction of sp³-hybridized carbons (Fsp3) is 0.263. The largest absolute Gasteiger partial charge is 0.310 e. The lowest BCUT2D eigenvalue weighted by atomic mass is 10.1. The van der Waals surface area contributed by atoms with Crippen LogP contribution in [0.5, 0.6) is 0 Å². The SMILES string of the molecule is CCCn1c(NC(=O)[C@H]2Cc3ccccc3S2)nc2ccccc21. The number of rotatable bonds is 4. The molecule has 0 bridgehead atoms. The van der Waals surface area contributed by atoms with Gasteiger partial charge in [0.1, 0.15) is 0 Å². The Hall–Kier alpha value is -2.27. The number of carbonyl (C=O) groups is 1. The van der Waals surface area contributed by atoms with Crippen molar-refractivity contribution in [2.45, 2.75) is 36.5 Å². The summed E-state index contributed by atoms with van der Waals surface area (Å²) in [7, 11) is 0. The molecule has 1 aliphatic heterocycles. The normalized spacial score (nSPS) is 16.3. The summed E-state index contributed by atoms with van der Waals surface area (Å²) in [5, 5.41) is 2.97. The highest BCUT2D eigenvalue weighted by atomic mass is 32.2. The van der Waals surface area contributed by atoms with Crippen molar-refractivity contribution in [3.63, 3.8) is 0 Å². The minimum Gasteiger partial charge on any atom is -0.310 e. The Morgan fingerprint density at radius 2 is 2.04 bits per heavy atom. The summed E-state index contributed by atoms with van der Waals surface area (Å²) in [4.78, 5) is 18.6. The Kier molecular flexibility index (Phi) is 4.02. The molecule has 2 aromatic carbocycles. The van der Waals surface area contributed by atoms with Gasteiger partial charge in [-0.15, -0.1) is 11.8 Å². The van der Waals surface area contributed by atoms with E-state index in [0.717, 1.165) is 30.4 Å². The van der Waals surface area contributed by atoms with E-state index in [2.05, 4.69) is 33.9 Å². The maximum absolute atomic E-state index is 12.7. The minimum absolute atomic E-state index is 0.0314. The van der Waals surface area contributed by atoms with Gasteiger partial charge in [-0.3, -0.25) is 10.1 Å². The average Bonchev–Trinajstić information content (AvgIpc) is 3.17. The van der Waals surface area contributed by atoms with Crippen LogP contribution in [-0.2, 0) is 17.8 Å². The maximum Gasteiger partial charge on any atom is 0.240 e. The fourth-order valence-electron chi connectivity index (χ4n) is 3.14. The van der Waals surface area contributed by atoms with Crippen LogP contribution in [0.25, 0.3) is 11.0 Å². The van der Waals surface area contributed by atoms with Crippen LogP contribution in [0, 0.1) is 0 Å². The number of thioether (sulfide) groups is 1. The zero-order valence-electron chi connectivity index (χ0n) is 13.5. The van der Waals surface area contributed by atoms with Crippen molar-refractivity contribution < 1.29 is 4.79 Å². The first-order valence-electron chi connectivity index (χ1n) is 8.27. The third-order valence-electron chi connectivity index (χ3n) is 4.28. The number of anilines is 1. The molecule has 0 saturated carbocycles. The molecule has 1 amide bonds. The van der Waals surface area contributed by atoms with Gasteiger partial charge in [-0.2, -0.15) is 0 Å². The van der Waals surface area contributed by atoms with E-state index in [1.54, 1.807) is 11.8 Å². The van der Waals surface area contributed by atoms with Crippen molar-refractivity contribution in [2.24, 2.45) is 0 Å². The molecule has 3 aromatic rings. The van der Waals surface area contributed by atoms with Gasteiger partial charge in [0.05, 0.1) is 16.3 Å². The summed E-state index contributed by atoms with van der Waals surface area (Å²) in [6.45, 7) is 2.97. The number of aryl methyl sites for hydroxylation is 1. The van der Waals surface area contributed by atoms with Gasteiger partial charge in [-0.25, -0.2) is 4.98 Å². The number of fused-ring (bicyclic) bond motifs is 2. The second-order valence-electron chi connectivity index (χ2n) is 5.98. The molecule has 2 heterocycles. The number of para-hydroxylation sites is 2. The predicted molar refractivity (Wildman–Crippen MR) is 98.4 cm³/mol. The summed E-state index contributed by atoms with van der Waals surface area (Å²) in [5.41, 5.74) is 3.24. The summed E-state index contributed by atoms with van der Waals surface area (Å²) >= 11 is 1.64. The number of hydrogen-bond acceptors (Lipinski definition) is 3. The molecular weight excluding hydrogens is 318 g/mol. The lowest BCUT2D eigenvalue weighted by Gasteiger charge is -2.11. The van der Waals surface area contributed by atoms with E-state index in [4.69, 9.17) is 0 Å². The zero-order valence-corrected chi connectivity index (χ0v) is 14.3. The number of benzene rings is 2. The average molecular weight is 337 g/mol. The molecule has 1 aliphatic rings. The van der Waals surface area contributed by atoms with Crippen LogP contribution in [0.3, 0.4) is 0 Å². The quantitative estimate of drug-likeness (QED) is 0.779. The molecule has 24 heavy (non-hydrogen) atoms. The van der Waals surface area contributed by atoms with Crippen LogP contribution in [0.15, 0.2) is 53.4 Å². The second kappa shape index (κ2) is 6.32. The van der Waals surface area contributed by atoms with E-state index in [9.17, 15) is 4.79 Å². The highest BCUT2D eigenvalue weighted by Gasteiger charge is 2.29. The fourth-order valence-corrected chi connectivity index (χ4v) is 4.34. The van der Waals surface area contributed by atoms with Crippen molar-refractivity contribution in [1.82, 2.24) is 9.55 Å². The number of nitrogens with zero attached hydrogens (tertiary/aromatic N) is 2. The summed E-state index contributed by atoms with van der Waals surface area (Å²) in [6.07, 6.45) is 1.77.